The van der Waals surface area contributed by atoms with E-state index >= 15 is 0 Å². The average molecular weight is 381 g/mol. The van der Waals surface area contributed by atoms with Gasteiger partial charge in [-0.25, -0.2) is 15.0 Å². The van der Waals surface area contributed by atoms with Crippen molar-refractivity contribution in [2.45, 2.75) is 6.42 Å². The Balaban J connectivity index is 1.50. The van der Waals surface area contributed by atoms with Crippen LogP contribution in [0.3, 0.4) is 0 Å². The lowest BCUT2D eigenvalue weighted by molar-refractivity contribution is -0.123. The first-order valence-corrected chi connectivity index (χ1v) is 9.64. The number of carbonyl (C=O) groups excluding carboxylic acids is 1. The zero-order chi connectivity index (χ0) is 19.8. The summed E-state index contributed by atoms with van der Waals surface area (Å²) in [5.74, 6) is 7.61. The zero-order valence-electron chi connectivity index (χ0n) is 16.1. The molecule has 0 radical (unpaired) electrons. The third-order valence-corrected chi connectivity index (χ3v) is 5.24. The molecule has 6 nitrogen and oxygen atoms in total. The highest BCUT2D eigenvalue weighted by molar-refractivity contribution is 6.00. The van der Waals surface area contributed by atoms with E-state index in [0.717, 1.165) is 40.9 Å². The molecule has 0 unspecified atom stereocenters. The highest BCUT2D eigenvalue weighted by atomic mass is 16.2. The van der Waals surface area contributed by atoms with Gasteiger partial charge in [-0.15, -0.1) is 0 Å². The van der Waals surface area contributed by atoms with E-state index in [1.807, 2.05) is 48.8 Å². The van der Waals surface area contributed by atoms with E-state index in [-0.39, 0.29) is 5.91 Å². The quantitative estimate of drug-likeness (QED) is 0.639. The summed E-state index contributed by atoms with van der Waals surface area (Å²) in [7, 11) is 1.77. The van der Waals surface area contributed by atoms with Crippen molar-refractivity contribution in [1.29, 1.82) is 0 Å². The van der Waals surface area contributed by atoms with E-state index in [9.17, 15) is 4.79 Å². The lowest BCUT2D eigenvalue weighted by Crippen LogP contribution is -2.37. The van der Waals surface area contributed by atoms with Crippen molar-refractivity contribution < 1.29 is 4.79 Å². The first-order chi connectivity index (χ1) is 14.2. The van der Waals surface area contributed by atoms with E-state index < -0.39 is 0 Å². The minimum Gasteiger partial charge on any atom is -0.355 e. The van der Waals surface area contributed by atoms with E-state index in [0.29, 0.717) is 17.9 Å². The minimum atomic E-state index is -0.0301. The maximum absolute atomic E-state index is 12.0. The van der Waals surface area contributed by atoms with E-state index in [1.54, 1.807) is 11.9 Å². The summed E-state index contributed by atoms with van der Waals surface area (Å²) in [5.41, 5.74) is 3.13. The number of nitrogens with zero attached hydrogens (tertiary/aromatic N) is 5. The van der Waals surface area contributed by atoms with Gasteiger partial charge in [-0.1, -0.05) is 24.0 Å². The second-order valence-electron chi connectivity index (χ2n) is 7.24. The third-order valence-electron chi connectivity index (χ3n) is 5.24. The number of likely N-dealkylation sites (N-methyl/N-ethyl adjacent to an activating group) is 1. The fourth-order valence-electron chi connectivity index (χ4n) is 3.42. The SMILES string of the molecule is CN1CC=C(C#Cc2cccc(-c3ncc4ccnc(N5CCC5)c4n3)c2)C1=O. The van der Waals surface area contributed by atoms with Crippen LogP contribution in [0, 0.1) is 11.8 Å². The van der Waals surface area contributed by atoms with Gasteiger partial charge in [0, 0.05) is 55.6 Å². The van der Waals surface area contributed by atoms with Gasteiger partial charge in [-0.3, -0.25) is 4.79 Å². The van der Waals surface area contributed by atoms with Crippen LogP contribution in [0.1, 0.15) is 12.0 Å². The largest absolute Gasteiger partial charge is 0.355 e. The van der Waals surface area contributed by atoms with Crippen LogP contribution in [0.15, 0.2) is 54.4 Å². The molecule has 0 spiro atoms. The summed E-state index contributed by atoms with van der Waals surface area (Å²) < 4.78 is 0. The highest BCUT2D eigenvalue weighted by Crippen LogP contribution is 2.27. The number of amides is 1. The molecule has 1 saturated heterocycles. The van der Waals surface area contributed by atoms with Crippen molar-refractivity contribution in [2.75, 3.05) is 31.6 Å². The van der Waals surface area contributed by atoms with Crippen molar-refractivity contribution in [3.63, 3.8) is 0 Å². The molecule has 3 aromatic rings. The summed E-state index contributed by atoms with van der Waals surface area (Å²) in [6, 6.07) is 9.72. The van der Waals surface area contributed by atoms with E-state index in [1.165, 1.54) is 6.42 Å². The van der Waals surface area contributed by atoms with Gasteiger partial charge in [0.05, 0.1) is 5.57 Å². The molecule has 6 heteroatoms. The van der Waals surface area contributed by atoms with Crippen LogP contribution in [-0.2, 0) is 4.79 Å². The summed E-state index contributed by atoms with van der Waals surface area (Å²) in [6.45, 7) is 2.64. The number of fused-ring (bicyclic) bond motifs is 1. The fraction of sp³-hybridized carbons (Fsp3) is 0.217. The monoisotopic (exact) mass is 381 g/mol. The first kappa shape index (κ1) is 17.4. The lowest BCUT2D eigenvalue weighted by Gasteiger charge is -2.32. The van der Waals surface area contributed by atoms with E-state index in [2.05, 4.69) is 26.7 Å². The molecular weight excluding hydrogens is 362 g/mol. The molecule has 0 bridgehead atoms. The van der Waals surface area contributed by atoms with Crippen LogP contribution in [-0.4, -0.2) is 52.4 Å². The smallest absolute Gasteiger partial charge is 0.262 e. The molecule has 2 aromatic heterocycles. The number of hydrogen-bond acceptors (Lipinski definition) is 5. The van der Waals surface area contributed by atoms with Gasteiger partial charge in [0.15, 0.2) is 11.6 Å². The summed E-state index contributed by atoms with van der Waals surface area (Å²) >= 11 is 0. The second-order valence-corrected chi connectivity index (χ2v) is 7.24. The molecule has 29 heavy (non-hydrogen) atoms. The topological polar surface area (TPSA) is 62.2 Å². The van der Waals surface area contributed by atoms with Gasteiger partial charge in [0.25, 0.3) is 5.91 Å². The Morgan fingerprint density at radius 3 is 2.76 bits per heavy atom. The van der Waals surface area contributed by atoms with Gasteiger partial charge in [0.2, 0.25) is 0 Å². The Morgan fingerprint density at radius 2 is 2.00 bits per heavy atom. The Morgan fingerprint density at radius 1 is 1.10 bits per heavy atom. The predicted molar refractivity (Wildman–Crippen MR) is 112 cm³/mol. The average Bonchev–Trinajstić information content (AvgIpc) is 3.03. The second kappa shape index (κ2) is 7.02. The molecule has 0 saturated carbocycles. The molecule has 1 aromatic carbocycles. The number of pyridine rings is 1. The van der Waals surface area contributed by atoms with Crippen LogP contribution < -0.4 is 4.90 Å². The predicted octanol–water partition coefficient (Wildman–Crippen LogP) is 2.65. The van der Waals surface area contributed by atoms with Gasteiger partial charge < -0.3 is 9.80 Å². The Hall–Kier alpha value is -3.72. The van der Waals surface area contributed by atoms with Crippen molar-refractivity contribution in [2.24, 2.45) is 0 Å². The van der Waals surface area contributed by atoms with Crippen molar-refractivity contribution >= 4 is 22.6 Å². The maximum Gasteiger partial charge on any atom is 0.262 e. The van der Waals surface area contributed by atoms with Gasteiger partial charge >= 0.3 is 0 Å². The van der Waals surface area contributed by atoms with E-state index in [4.69, 9.17) is 4.98 Å². The van der Waals surface area contributed by atoms with Crippen molar-refractivity contribution in [3.8, 4) is 23.2 Å². The number of aromatic nitrogens is 3. The molecule has 2 aliphatic heterocycles. The van der Waals surface area contributed by atoms with Gasteiger partial charge in [-0.2, -0.15) is 0 Å². The minimum absolute atomic E-state index is 0.0301. The molecule has 1 amide bonds. The number of anilines is 1. The Labute approximate surface area is 168 Å². The molecular formula is C23H19N5O. The number of benzene rings is 1. The van der Waals surface area contributed by atoms with Gasteiger partial charge in [-0.05, 0) is 30.7 Å². The normalized spacial score (nSPS) is 15.8. The summed E-state index contributed by atoms with van der Waals surface area (Å²) in [6.07, 6.45) is 6.70. The van der Waals surface area contributed by atoms with Crippen molar-refractivity contribution in [1.82, 2.24) is 19.9 Å². The highest BCUT2D eigenvalue weighted by Gasteiger charge is 2.20. The number of hydrogen-bond donors (Lipinski definition) is 0. The van der Waals surface area contributed by atoms with Crippen LogP contribution in [0.2, 0.25) is 0 Å². The first-order valence-electron chi connectivity index (χ1n) is 9.64. The Kier molecular flexibility index (Phi) is 4.21. The lowest BCUT2D eigenvalue weighted by atomic mass is 10.1. The summed E-state index contributed by atoms with van der Waals surface area (Å²) in [4.78, 5) is 29.8. The zero-order valence-corrected chi connectivity index (χ0v) is 16.1. The molecule has 0 aliphatic carbocycles. The van der Waals surface area contributed by atoms with Crippen LogP contribution in [0.25, 0.3) is 22.3 Å². The molecule has 142 valence electrons. The molecule has 5 rings (SSSR count). The van der Waals surface area contributed by atoms with Crippen LogP contribution in [0.4, 0.5) is 5.82 Å². The molecule has 0 atom stereocenters. The number of carbonyl (C=O) groups is 1. The molecule has 1 fully saturated rings. The maximum atomic E-state index is 12.0. The standard InChI is InChI=1S/C23H19N5O/c1-27-13-9-17(23(27)29)7-6-16-4-2-5-18(14-16)21-25-15-19-8-10-24-22(20(19)26-21)28-11-3-12-28/h2,4-5,8-10,14-15H,3,11-13H2,1H3. The molecule has 0 N–H and O–H groups in total. The Bertz CT molecular complexity index is 1220. The van der Waals surface area contributed by atoms with Crippen molar-refractivity contribution in [3.05, 3.63) is 59.9 Å². The number of rotatable bonds is 2. The molecule has 4 heterocycles. The van der Waals surface area contributed by atoms with Crippen LogP contribution >= 0.6 is 0 Å². The van der Waals surface area contributed by atoms with Crippen LogP contribution in [0.5, 0.6) is 0 Å². The van der Waals surface area contributed by atoms with Gasteiger partial charge in [0.1, 0.15) is 5.52 Å². The third kappa shape index (κ3) is 3.21. The molecule has 2 aliphatic rings. The fourth-order valence-corrected chi connectivity index (χ4v) is 3.42. The summed E-state index contributed by atoms with van der Waals surface area (Å²) in [5, 5.41) is 0.984.